The maximum atomic E-state index is 10.3. The van der Waals surface area contributed by atoms with Crippen LogP contribution in [-0.2, 0) is 5.41 Å². The van der Waals surface area contributed by atoms with Crippen molar-refractivity contribution in [2.45, 2.75) is 32.3 Å². The summed E-state index contributed by atoms with van der Waals surface area (Å²) in [6.07, 6.45) is -0.541. The standard InChI is InChI=1S/C17H20O/c1-17(2,3)15-11-9-14(10-12-15)16(18)13-7-5-4-6-8-13/h4-12,16,18H,1-3H3/t16-/m1/s1. The van der Waals surface area contributed by atoms with E-state index >= 15 is 0 Å². The van der Waals surface area contributed by atoms with Gasteiger partial charge in [-0.2, -0.15) is 0 Å². The SMILES string of the molecule is CC(C)(C)c1ccc([C@H](O)c2ccccc2)cc1. The molecule has 0 heterocycles. The smallest absolute Gasteiger partial charge is 0.104 e. The van der Waals surface area contributed by atoms with Crippen molar-refractivity contribution in [2.24, 2.45) is 0 Å². The number of aliphatic hydroxyl groups excluding tert-OH is 1. The number of hydrogen-bond donors (Lipinski definition) is 1. The Morgan fingerprint density at radius 2 is 1.28 bits per heavy atom. The van der Waals surface area contributed by atoms with Gasteiger partial charge in [0.2, 0.25) is 0 Å². The van der Waals surface area contributed by atoms with Gasteiger partial charge in [-0.1, -0.05) is 75.4 Å². The average Bonchev–Trinajstić information content (AvgIpc) is 2.38. The van der Waals surface area contributed by atoms with E-state index in [1.807, 2.05) is 42.5 Å². The van der Waals surface area contributed by atoms with E-state index in [1.54, 1.807) is 0 Å². The highest BCUT2D eigenvalue weighted by molar-refractivity contribution is 5.33. The van der Waals surface area contributed by atoms with E-state index in [2.05, 4.69) is 32.9 Å². The lowest BCUT2D eigenvalue weighted by Crippen LogP contribution is -2.11. The van der Waals surface area contributed by atoms with Crippen molar-refractivity contribution in [2.75, 3.05) is 0 Å². The third kappa shape index (κ3) is 2.80. The predicted molar refractivity (Wildman–Crippen MR) is 75.6 cm³/mol. The molecule has 0 aliphatic rings. The van der Waals surface area contributed by atoms with Crippen LogP contribution in [0.4, 0.5) is 0 Å². The minimum Gasteiger partial charge on any atom is -0.384 e. The molecule has 0 saturated heterocycles. The molecule has 0 aliphatic heterocycles. The lowest BCUT2D eigenvalue weighted by molar-refractivity contribution is 0.220. The topological polar surface area (TPSA) is 20.2 Å². The van der Waals surface area contributed by atoms with Crippen LogP contribution in [0.1, 0.15) is 43.6 Å². The molecule has 0 aromatic heterocycles. The summed E-state index contributed by atoms with van der Waals surface area (Å²) in [5.41, 5.74) is 3.30. The van der Waals surface area contributed by atoms with E-state index in [0.717, 1.165) is 11.1 Å². The fourth-order valence-electron chi connectivity index (χ4n) is 1.99. The molecule has 0 saturated carbocycles. The van der Waals surface area contributed by atoms with Gasteiger partial charge in [-0.25, -0.2) is 0 Å². The van der Waals surface area contributed by atoms with Crippen molar-refractivity contribution >= 4 is 0 Å². The monoisotopic (exact) mass is 240 g/mol. The van der Waals surface area contributed by atoms with Gasteiger partial charge in [0.15, 0.2) is 0 Å². The van der Waals surface area contributed by atoms with Crippen LogP contribution in [0.15, 0.2) is 54.6 Å². The molecule has 1 N–H and O–H groups in total. The van der Waals surface area contributed by atoms with Crippen molar-refractivity contribution < 1.29 is 5.11 Å². The van der Waals surface area contributed by atoms with Crippen LogP contribution in [0.2, 0.25) is 0 Å². The Balaban J connectivity index is 2.25. The second-order valence-electron chi connectivity index (χ2n) is 5.69. The lowest BCUT2D eigenvalue weighted by atomic mass is 9.86. The summed E-state index contributed by atoms with van der Waals surface area (Å²) in [6.45, 7) is 6.57. The summed E-state index contributed by atoms with van der Waals surface area (Å²) < 4.78 is 0. The quantitative estimate of drug-likeness (QED) is 0.839. The second-order valence-corrected chi connectivity index (χ2v) is 5.69. The lowest BCUT2D eigenvalue weighted by Gasteiger charge is -2.20. The highest BCUT2D eigenvalue weighted by atomic mass is 16.3. The summed E-state index contributed by atoms with van der Waals surface area (Å²) >= 11 is 0. The number of rotatable bonds is 2. The van der Waals surface area contributed by atoms with E-state index in [1.165, 1.54) is 5.56 Å². The molecule has 1 atom stereocenters. The summed E-state index contributed by atoms with van der Waals surface area (Å²) in [5, 5.41) is 10.3. The second kappa shape index (κ2) is 4.95. The summed E-state index contributed by atoms with van der Waals surface area (Å²) in [6, 6.07) is 18.0. The molecule has 0 aliphatic carbocycles. The minimum absolute atomic E-state index is 0.149. The first-order valence-corrected chi connectivity index (χ1v) is 6.32. The molecule has 2 aromatic rings. The zero-order valence-electron chi connectivity index (χ0n) is 11.2. The molecule has 0 amide bonds. The van der Waals surface area contributed by atoms with E-state index in [4.69, 9.17) is 0 Å². The average molecular weight is 240 g/mol. The van der Waals surface area contributed by atoms with Crippen molar-refractivity contribution in [1.29, 1.82) is 0 Å². The van der Waals surface area contributed by atoms with Gasteiger partial charge in [-0.3, -0.25) is 0 Å². The van der Waals surface area contributed by atoms with Crippen LogP contribution in [0.3, 0.4) is 0 Å². The van der Waals surface area contributed by atoms with E-state index in [9.17, 15) is 5.11 Å². The Morgan fingerprint density at radius 3 is 1.78 bits per heavy atom. The number of aliphatic hydroxyl groups is 1. The van der Waals surface area contributed by atoms with Gasteiger partial charge < -0.3 is 5.11 Å². The predicted octanol–water partition coefficient (Wildman–Crippen LogP) is 4.07. The molecule has 0 unspecified atom stereocenters. The van der Waals surface area contributed by atoms with E-state index < -0.39 is 6.10 Å². The largest absolute Gasteiger partial charge is 0.384 e. The molecule has 94 valence electrons. The third-order valence-corrected chi connectivity index (χ3v) is 3.21. The molecule has 0 radical (unpaired) electrons. The Hall–Kier alpha value is -1.60. The van der Waals surface area contributed by atoms with Crippen molar-refractivity contribution in [1.82, 2.24) is 0 Å². The van der Waals surface area contributed by atoms with E-state index in [0.29, 0.717) is 0 Å². The normalized spacial score (nSPS) is 13.3. The summed E-state index contributed by atoms with van der Waals surface area (Å²) in [7, 11) is 0. The van der Waals surface area contributed by atoms with Crippen LogP contribution < -0.4 is 0 Å². The first kappa shape index (κ1) is 12.8. The van der Waals surface area contributed by atoms with Gasteiger partial charge in [0.25, 0.3) is 0 Å². The molecular formula is C17H20O. The van der Waals surface area contributed by atoms with Crippen LogP contribution in [-0.4, -0.2) is 5.11 Å². The van der Waals surface area contributed by atoms with Crippen molar-refractivity contribution in [3.8, 4) is 0 Å². The third-order valence-electron chi connectivity index (χ3n) is 3.21. The first-order valence-electron chi connectivity index (χ1n) is 6.32. The molecule has 0 bridgehead atoms. The van der Waals surface area contributed by atoms with E-state index in [-0.39, 0.29) is 5.41 Å². The van der Waals surface area contributed by atoms with Gasteiger partial charge in [-0.05, 0) is 22.1 Å². The van der Waals surface area contributed by atoms with Crippen LogP contribution in [0.25, 0.3) is 0 Å². The summed E-state index contributed by atoms with van der Waals surface area (Å²) in [4.78, 5) is 0. The van der Waals surface area contributed by atoms with Crippen LogP contribution in [0.5, 0.6) is 0 Å². The highest BCUT2D eigenvalue weighted by Gasteiger charge is 2.15. The molecule has 2 aromatic carbocycles. The maximum Gasteiger partial charge on any atom is 0.104 e. The molecule has 0 fully saturated rings. The zero-order chi connectivity index (χ0) is 13.2. The number of benzene rings is 2. The molecule has 1 heteroatoms. The Morgan fingerprint density at radius 1 is 0.778 bits per heavy atom. The maximum absolute atomic E-state index is 10.3. The Bertz CT molecular complexity index is 491. The molecule has 18 heavy (non-hydrogen) atoms. The van der Waals surface area contributed by atoms with Gasteiger partial charge in [0, 0.05) is 0 Å². The van der Waals surface area contributed by atoms with Gasteiger partial charge in [-0.15, -0.1) is 0 Å². The zero-order valence-corrected chi connectivity index (χ0v) is 11.2. The Kier molecular flexibility index (Phi) is 3.53. The fraction of sp³-hybridized carbons (Fsp3) is 0.294. The molecule has 1 nitrogen and oxygen atoms in total. The summed E-state index contributed by atoms with van der Waals surface area (Å²) in [5.74, 6) is 0. The van der Waals surface area contributed by atoms with Crippen LogP contribution in [0, 0.1) is 0 Å². The Labute approximate surface area is 109 Å². The molecular weight excluding hydrogens is 220 g/mol. The van der Waals surface area contributed by atoms with Gasteiger partial charge in [0.1, 0.15) is 6.10 Å². The van der Waals surface area contributed by atoms with Crippen LogP contribution >= 0.6 is 0 Å². The fourth-order valence-corrected chi connectivity index (χ4v) is 1.99. The van der Waals surface area contributed by atoms with Gasteiger partial charge in [0.05, 0.1) is 0 Å². The highest BCUT2D eigenvalue weighted by Crippen LogP contribution is 2.26. The van der Waals surface area contributed by atoms with Crippen molar-refractivity contribution in [3.05, 3.63) is 71.3 Å². The molecule has 2 rings (SSSR count). The first-order chi connectivity index (χ1) is 8.48. The minimum atomic E-state index is -0.541. The van der Waals surface area contributed by atoms with Gasteiger partial charge >= 0.3 is 0 Å². The molecule has 0 spiro atoms. The number of hydrogen-bond acceptors (Lipinski definition) is 1. The van der Waals surface area contributed by atoms with Crippen molar-refractivity contribution in [3.63, 3.8) is 0 Å².